The van der Waals surface area contributed by atoms with Gasteiger partial charge >= 0.3 is 0 Å². The summed E-state index contributed by atoms with van der Waals surface area (Å²) in [5.74, 6) is 0.256. The maximum Gasteiger partial charge on any atom is 0.258 e. The number of rotatable bonds is 6. The minimum Gasteiger partial charge on any atom is -0.307 e. The third-order valence-corrected chi connectivity index (χ3v) is 11.6. The second-order valence-corrected chi connectivity index (χ2v) is 16.0. The maximum absolute atomic E-state index is 14.0. The zero-order chi connectivity index (χ0) is 27.6. The summed E-state index contributed by atoms with van der Waals surface area (Å²) in [5, 5.41) is 0. The molecule has 2 aromatic rings. The van der Waals surface area contributed by atoms with Crippen LogP contribution < -0.4 is 14.3 Å². The molecular formula is C29H41N3O5S2. The van der Waals surface area contributed by atoms with Crippen molar-refractivity contribution in [2.75, 3.05) is 22.4 Å². The zero-order valence-electron chi connectivity index (χ0n) is 22.6. The molecule has 3 saturated carbocycles. The molecule has 3 aliphatic carbocycles. The predicted molar refractivity (Wildman–Crippen MR) is 156 cm³/mol. The molecule has 2 spiro atoms. The Morgan fingerprint density at radius 2 is 1.69 bits per heavy atom. The number of anilines is 2. The van der Waals surface area contributed by atoms with Crippen molar-refractivity contribution in [3.8, 4) is 0 Å². The Bertz CT molecular complexity index is 1530. The maximum atomic E-state index is 14.0. The van der Waals surface area contributed by atoms with Crippen molar-refractivity contribution in [2.24, 2.45) is 11.3 Å². The largest absolute Gasteiger partial charge is 0.307 e. The number of hydrogen-bond acceptors (Lipinski definition) is 5. The fourth-order valence-electron chi connectivity index (χ4n) is 7.04. The van der Waals surface area contributed by atoms with Gasteiger partial charge in [-0.1, -0.05) is 13.0 Å². The number of nitrogens with one attached hydrogen (secondary N) is 2. The van der Waals surface area contributed by atoms with Crippen molar-refractivity contribution < 1.29 is 24.5 Å². The number of nitrogens with zero attached hydrogens (tertiary/aromatic N) is 1. The van der Waals surface area contributed by atoms with Crippen LogP contribution in [0.1, 0.15) is 83.5 Å². The molecule has 4 aliphatic rings. The van der Waals surface area contributed by atoms with Gasteiger partial charge in [0.05, 0.1) is 11.2 Å². The summed E-state index contributed by atoms with van der Waals surface area (Å²) in [5.41, 5.74) is 2.82. The van der Waals surface area contributed by atoms with Gasteiger partial charge in [0.25, 0.3) is 5.91 Å². The van der Waals surface area contributed by atoms with Crippen molar-refractivity contribution in [1.29, 1.82) is 0 Å². The standard InChI is InChI=1S/C29H37N3O5S2.2H2/c1-20-6-7-22(16-20)31-39(36,37)24-5-3-4-21(17-24)27(33)32-19-29(14-12-28(10-11-28)13-15-29)25-18-23(8-9-26(25)32)30-38(2,34)35;;/h3-5,8-9,17-18,20,22,30-31H,6-7,10-16,19H2,1-2H3;2*1H. The van der Waals surface area contributed by atoms with Crippen LogP contribution in [0.25, 0.3) is 0 Å². The Hall–Kier alpha value is -2.43. The van der Waals surface area contributed by atoms with E-state index in [-0.39, 0.29) is 25.1 Å². The van der Waals surface area contributed by atoms with Gasteiger partial charge in [-0.25, -0.2) is 21.6 Å². The number of amides is 1. The van der Waals surface area contributed by atoms with Gasteiger partial charge in [0.2, 0.25) is 20.0 Å². The molecule has 6 rings (SSSR count). The van der Waals surface area contributed by atoms with Crippen molar-refractivity contribution in [1.82, 2.24) is 4.72 Å². The van der Waals surface area contributed by atoms with Crippen molar-refractivity contribution in [3.63, 3.8) is 0 Å². The predicted octanol–water partition coefficient (Wildman–Crippen LogP) is 5.27. The Labute approximate surface area is 234 Å². The lowest BCUT2D eigenvalue weighted by Gasteiger charge is -2.38. The first kappa shape index (κ1) is 26.8. The second-order valence-electron chi connectivity index (χ2n) is 12.5. The van der Waals surface area contributed by atoms with E-state index in [1.54, 1.807) is 23.1 Å². The first-order chi connectivity index (χ1) is 18.4. The number of fused-ring (bicyclic) bond motifs is 2. The summed E-state index contributed by atoms with van der Waals surface area (Å²) >= 11 is 0. The fraction of sp³-hybridized carbons (Fsp3) is 0.552. The van der Waals surface area contributed by atoms with E-state index in [0.717, 1.165) is 62.5 Å². The van der Waals surface area contributed by atoms with E-state index in [1.165, 1.54) is 25.0 Å². The third kappa shape index (κ3) is 5.23. The van der Waals surface area contributed by atoms with Crippen LogP contribution in [-0.4, -0.2) is 41.6 Å². The third-order valence-electron chi connectivity index (χ3n) is 9.50. The second kappa shape index (κ2) is 9.31. The summed E-state index contributed by atoms with van der Waals surface area (Å²) in [6, 6.07) is 11.6. The van der Waals surface area contributed by atoms with Gasteiger partial charge in [-0.15, -0.1) is 0 Å². The van der Waals surface area contributed by atoms with Crippen molar-refractivity contribution in [2.45, 2.75) is 81.1 Å². The Balaban J connectivity index is 0.00000194. The Morgan fingerprint density at radius 3 is 2.33 bits per heavy atom. The molecule has 0 radical (unpaired) electrons. The molecule has 1 heterocycles. The van der Waals surface area contributed by atoms with Crippen LogP contribution in [0.3, 0.4) is 0 Å². The van der Waals surface area contributed by atoms with Gasteiger partial charge in [0, 0.05) is 37.8 Å². The highest BCUT2D eigenvalue weighted by Crippen LogP contribution is 2.62. The van der Waals surface area contributed by atoms with Gasteiger partial charge in [0.1, 0.15) is 0 Å². The first-order valence-corrected chi connectivity index (χ1v) is 17.3. The van der Waals surface area contributed by atoms with Gasteiger partial charge < -0.3 is 4.90 Å². The highest BCUT2D eigenvalue weighted by molar-refractivity contribution is 7.92. The molecule has 0 bridgehead atoms. The lowest BCUT2D eigenvalue weighted by molar-refractivity contribution is 0.0980. The number of benzene rings is 2. The molecule has 1 aliphatic heterocycles. The summed E-state index contributed by atoms with van der Waals surface area (Å²) in [7, 11) is -7.19. The molecule has 1 amide bonds. The molecule has 214 valence electrons. The average molecular weight is 576 g/mol. The summed E-state index contributed by atoms with van der Waals surface area (Å²) < 4.78 is 55.6. The molecular weight excluding hydrogens is 534 g/mol. The van der Waals surface area contributed by atoms with Crippen LogP contribution >= 0.6 is 0 Å². The minimum absolute atomic E-state index is 0. The molecule has 2 aromatic carbocycles. The van der Waals surface area contributed by atoms with Gasteiger partial charge in [-0.3, -0.25) is 9.52 Å². The van der Waals surface area contributed by atoms with Crippen molar-refractivity contribution in [3.05, 3.63) is 53.6 Å². The number of carbonyl (C=O) groups excluding carboxylic acids is 1. The molecule has 10 heteroatoms. The first-order valence-electron chi connectivity index (χ1n) is 13.9. The lowest BCUT2D eigenvalue weighted by atomic mass is 9.66. The van der Waals surface area contributed by atoms with Crippen LogP contribution in [0, 0.1) is 11.3 Å². The van der Waals surface area contributed by atoms with E-state index in [9.17, 15) is 21.6 Å². The molecule has 2 atom stereocenters. The lowest BCUT2D eigenvalue weighted by Crippen LogP contribution is -2.40. The topological polar surface area (TPSA) is 113 Å². The SMILES string of the molecule is CC1CCC(NS(=O)(=O)c2cccc(C(=O)N3CC4(CCC5(CC5)CC4)c4cc(NS(C)(=O)=O)ccc43)c2)C1.[HH].[HH]. The summed E-state index contributed by atoms with van der Waals surface area (Å²) in [4.78, 5) is 15.8. The summed E-state index contributed by atoms with van der Waals surface area (Å²) in [6.07, 6.45) is 10.4. The van der Waals surface area contributed by atoms with Gasteiger partial charge in [-0.05, 0) is 111 Å². The average Bonchev–Trinajstić information content (AvgIpc) is 3.41. The summed E-state index contributed by atoms with van der Waals surface area (Å²) in [6.45, 7) is 2.64. The van der Waals surface area contributed by atoms with E-state index in [0.29, 0.717) is 29.1 Å². The highest BCUT2D eigenvalue weighted by Gasteiger charge is 2.53. The molecule has 2 unspecified atom stereocenters. The van der Waals surface area contributed by atoms with Crippen molar-refractivity contribution >= 4 is 37.3 Å². The monoisotopic (exact) mass is 575 g/mol. The van der Waals surface area contributed by atoms with Crippen LogP contribution in [0.5, 0.6) is 0 Å². The van der Waals surface area contributed by atoms with Crippen LogP contribution in [0.4, 0.5) is 11.4 Å². The highest BCUT2D eigenvalue weighted by atomic mass is 32.2. The molecule has 2 N–H and O–H groups in total. The quantitative estimate of drug-likeness (QED) is 0.487. The van der Waals surface area contributed by atoms with E-state index >= 15 is 0 Å². The van der Waals surface area contributed by atoms with Crippen LogP contribution in [0.15, 0.2) is 47.4 Å². The van der Waals surface area contributed by atoms with Crippen LogP contribution in [-0.2, 0) is 25.5 Å². The fourth-order valence-corrected chi connectivity index (χ4v) is 8.93. The van der Waals surface area contributed by atoms with E-state index in [4.69, 9.17) is 0 Å². The van der Waals surface area contributed by atoms with E-state index in [2.05, 4.69) is 16.4 Å². The molecule has 0 aromatic heterocycles. The Kier molecular flexibility index (Phi) is 6.39. The molecule has 3 fully saturated rings. The smallest absolute Gasteiger partial charge is 0.258 e. The number of hydrogen-bond donors (Lipinski definition) is 2. The molecule has 39 heavy (non-hydrogen) atoms. The Morgan fingerprint density at radius 1 is 0.974 bits per heavy atom. The zero-order valence-corrected chi connectivity index (χ0v) is 24.2. The normalized spacial score (nSPS) is 25.1. The number of sulfonamides is 2. The van der Waals surface area contributed by atoms with E-state index < -0.39 is 20.0 Å². The molecule has 0 saturated heterocycles. The minimum atomic E-state index is -3.75. The van der Waals surface area contributed by atoms with Gasteiger partial charge in [-0.2, -0.15) is 0 Å². The van der Waals surface area contributed by atoms with Crippen LogP contribution in [0.2, 0.25) is 0 Å². The van der Waals surface area contributed by atoms with Gasteiger partial charge in [0.15, 0.2) is 0 Å². The van der Waals surface area contributed by atoms with E-state index in [1.807, 2.05) is 12.1 Å². The molecule has 8 nitrogen and oxygen atoms in total. The number of carbonyl (C=O) groups is 1.